The Balaban J connectivity index is 2.25. The second-order valence-electron chi connectivity index (χ2n) is 4.42. The first-order valence-corrected chi connectivity index (χ1v) is 5.51. The van der Waals surface area contributed by atoms with E-state index in [-0.39, 0.29) is 0 Å². The van der Waals surface area contributed by atoms with Gasteiger partial charge in [0.15, 0.2) is 0 Å². The van der Waals surface area contributed by atoms with Gasteiger partial charge in [0, 0.05) is 12.1 Å². The molecule has 1 aromatic carbocycles. The van der Waals surface area contributed by atoms with Crippen LogP contribution in [0.2, 0.25) is 0 Å². The van der Waals surface area contributed by atoms with Crippen LogP contribution in [0.5, 0.6) is 0 Å². The van der Waals surface area contributed by atoms with Gasteiger partial charge in [-0.25, -0.2) is 0 Å². The Kier molecular flexibility index (Phi) is 2.72. The van der Waals surface area contributed by atoms with Gasteiger partial charge in [0.2, 0.25) is 0 Å². The fraction of sp³-hybridized carbons (Fsp3) is 0.357. The zero-order valence-corrected chi connectivity index (χ0v) is 9.62. The Hall–Kier alpha value is -1.37. The third-order valence-electron chi connectivity index (χ3n) is 2.71. The van der Waals surface area contributed by atoms with Gasteiger partial charge in [0.05, 0.1) is 5.71 Å². The smallest absolute Gasteiger partial charge is 0.0517 e. The molecule has 0 N–H and O–H groups in total. The lowest BCUT2D eigenvalue weighted by atomic mass is 10.1. The fourth-order valence-corrected chi connectivity index (χ4v) is 1.82. The lowest BCUT2D eigenvalue weighted by Crippen LogP contribution is -1.96. The number of aliphatic imine (C=N–C) groups is 1. The molecule has 2 rings (SSSR count). The van der Waals surface area contributed by atoms with Gasteiger partial charge < -0.3 is 0 Å². The standard InChI is InChI=1S/C14H17N/c1-10(2)13-7-8-14(15-13)12-6-4-5-11(3)9-12/h4-7,9-10H,8H2,1-3H3. The van der Waals surface area contributed by atoms with Crippen LogP contribution >= 0.6 is 0 Å². The van der Waals surface area contributed by atoms with E-state index in [0.29, 0.717) is 5.92 Å². The molecular weight excluding hydrogens is 182 g/mol. The lowest BCUT2D eigenvalue weighted by Gasteiger charge is -2.03. The maximum absolute atomic E-state index is 4.68. The van der Waals surface area contributed by atoms with Crippen LogP contribution in [0.1, 0.15) is 31.4 Å². The predicted molar refractivity (Wildman–Crippen MR) is 65.3 cm³/mol. The highest BCUT2D eigenvalue weighted by Crippen LogP contribution is 2.22. The molecule has 0 radical (unpaired) electrons. The monoisotopic (exact) mass is 199 g/mol. The molecule has 1 aromatic rings. The van der Waals surface area contributed by atoms with Crippen molar-refractivity contribution in [2.45, 2.75) is 27.2 Å². The molecule has 15 heavy (non-hydrogen) atoms. The molecule has 0 amide bonds. The van der Waals surface area contributed by atoms with Gasteiger partial charge in [-0.1, -0.05) is 49.8 Å². The molecule has 0 unspecified atom stereocenters. The topological polar surface area (TPSA) is 12.4 Å². The number of benzene rings is 1. The van der Waals surface area contributed by atoms with Crippen molar-refractivity contribution >= 4 is 5.71 Å². The van der Waals surface area contributed by atoms with E-state index in [4.69, 9.17) is 0 Å². The van der Waals surface area contributed by atoms with Crippen LogP contribution in [0.3, 0.4) is 0 Å². The fourth-order valence-electron chi connectivity index (χ4n) is 1.82. The summed E-state index contributed by atoms with van der Waals surface area (Å²) in [7, 11) is 0. The zero-order chi connectivity index (χ0) is 10.8. The van der Waals surface area contributed by atoms with E-state index in [9.17, 15) is 0 Å². The number of allylic oxidation sites excluding steroid dienone is 2. The molecular formula is C14H17N. The molecule has 0 atom stereocenters. The number of nitrogens with zero attached hydrogens (tertiary/aromatic N) is 1. The minimum Gasteiger partial charge on any atom is -0.257 e. The van der Waals surface area contributed by atoms with E-state index >= 15 is 0 Å². The molecule has 0 spiro atoms. The van der Waals surface area contributed by atoms with Crippen molar-refractivity contribution in [1.82, 2.24) is 0 Å². The van der Waals surface area contributed by atoms with Crippen LogP contribution in [-0.4, -0.2) is 5.71 Å². The second kappa shape index (κ2) is 4.01. The summed E-state index contributed by atoms with van der Waals surface area (Å²) in [4.78, 5) is 4.68. The molecule has 1 aliphatic heterocycles. The second-order valence-corrected chi connectivity index (χ2v) is 4.42. The molecule has 1 nitrogen and oxygen atoms in total. The van der Waals surface area contributed by atoms with Gasteiger partial charge in [-0.05, 0) is 18.4 Å². The molecule has 0 aliphatic carbocycles. The number of hydrogen-bond donors (Lipinski definition) is 0. The summed E-state index contributed by atoms with van der Waals surface area (Å²) in [6, 6.07) is 8.56. The molecule has 1 aliphatic rings. The highest BCUT2D eigenvalue weighted by Gasteiger charge is 2.12. The first-order chi connectivity index (χ1) is 7.16. The number of rotatable bonds is 2. The van der Waals surface area contributed by atoms with Gasteiger partial charge in [-0.15, -0.1) is 0 Å². The van der Waals surface area contributed by atoms with Crippen molar-refractivity contribution in [2.24, 2.45) is 10.9 Å². The van der Waals surface area contributed by atoms with Crippen LogP contribution in [0.25, 0.3) is 0 Å². The van der Waals surface area contributed by atoms with Crippen molar-refractivity contribution in [3.05, 3.63) is 47.2 Å². The van der Waals surface area contributed by atoms with Gasteiger partial charge >= 0.3 is 0 Å². The Labute approximate surface area is 91.6 Å². The van der Waals surface area contributed by atoms with Crippen LogP contribution in [0.4, 0.5) is 0 Å². The summed E-state index contributed by atoms with van der Waals surface area (Å²) in [5.74, 6) is 0.535. The third-order valence-corrected chi connectivity index (χ3v) is 2.71. The minimum absolute atomic E-state index is 0.535. The quantitative estimate of drug-likeness (QED) is 0.688. The maximum Gasteiger partial charge on any atom is 0.0517 e. The average molecular weight is 199 g/mol. The highest BCUT2D eigenvalue weighted by atomic mass is 14.8. The Morgan fingerprint density at radius 2 is 2.07 bits per heavy atom. The van der Waals surface area contributed by atoms with E-state index in [2.05, 4.69) is 56.1 Å². The molecule has 0 saturated heterocycles. The molecule has 1 heteroatoms. The van der Waals surface area contributed by atoms with E-state index < -0.39 is 0 Å². The zero-order valence-electron chi connectivity index (χ0n) is 9.62. The molecule has 0 fully saturated rings. The number of aryl methyl sites for hydroxylation is 1. The molecule has 78 valence electrons. The SMILES string of the molecule is Cc1cccc(C2=NC(C(C)C)=CC2)c1. The molecule has 1 heterocycles. The summed E-state index contributed by atoms with van der Waals surface area (Å²) < 4.78 is 0. The van der Waals surface area contributed by atoms with Crippen LogP contribution in [0, 0.1) is 12.8 Å². The molecule has 0 saturated carbocycles. The Morgan fingerprint density at radius 3 is 2.67 bits per heavy atom. The lowest BCUT2D eigenvalue weighted by molar-refractivity contribution is 0.761. The van der Waals surface area contributed by atoms with Gasteiger partial charge in [-0.3, -0.25) is 4.99 Å². The summed E-state index contributed by atoms with van der Waals surface area (Å²) in [6.45, 7) is 6.50. The summed E-state index contributed by atoms with van der Waals surface area (Å²) in [5, 5.41) is 0. The van der Waals surface area contributed by atoms with Crippen LogP contribution < -0.4 is 0 Å². The predicted octanol–water partition coefficient (Wildman–Crippen LogP) is 3.73. The van der Waals surface area contributed by atoms with E-state index in [1.807, 2.05) is 0 Å². The third kappa shape index (κ3) is 2.17. The van der Waals surface area contributed by atoms with Crippen molar-refractivity contribution in [3.8, 4) is 0 Å². The Morgan fingerprint density at radius 1 is 1.27 bits per heavy atom. The highest BCUT2D eigenvalue weighted by molar-refractivity contribution is 6.03. The van der Waals surface area contributed by atoms with Gasteiger partial charge in [0.25, 0.3) is 0 Å². The van der Waals surface area contributed by atoms with Crippen molar-refractivity contribution < 1.29 is 0 Å². The first-order valence-electron chi connectivity index (χ1n) is 5.51. The maximum atomic E-state index is 4.68. The van der Waals surface area contributed by atoms with Crippen LogP contribution in [0.15, 0.2) is 41.0 Å². The van der Waals surface area contributed by atoms with Crippen molar-refractivity contribution in [3.63, 3.8) is 0 Å². The summed E-state index contributed by atoms with van der Waals surface area (Å²) in [5.41, 5.74) is 5.00. The molecule has 0 aromatic heterocycles. The van der Waals surface area contributed by atoms with E-state index in [1.54, 1.807) is 0 Å². The number of hydrogen-bond acceptors (Lipinski definition) is 1. The largest absolute Gasteiger partial charge is 0.257 e. The van der Waals surface area contributed by atoms with Gasteiger partial charge in [-0.2, -0.15) is 0 Å². The van der Waals surface area contributed by atoms with Gasteiger partial charge in [0.1, 0.15) is 0 Å². The van der Waals surface area contributed by atoms with Crippen molar-refractivity contribution in [2.75, 3.05) is 0 Å². The van der Waals surface area contributed by atoms with E-state index in [0.717, 1.165) is 6.42 Å². The van der Waals surface area contributed by atoms with Crippen molar-refractivity contribution in [1.29, 1.82) is 0 Å². The minimum atomic E-state index is 0.535. The van der Waals surface area contributed by atoms with Crippen LogP contribution in [-0.2, 0) is 0 Å². The Bertz CT molecular complexity index is 425. The average Bonchev–Trinajstić information content (AvgIpc) is 2.66. The molecule has 0 bridgehead atoms. The normalized spacial score (nSPS) is 15.5. The first kappa shape index (κ1) is 10.2. The summed E-state index contributed by atoms with van der Waals surface area (Å²) in [6.07, 6.45) is 3.22. The summed E-state index contributed by atoms with van der Waals surface area (Å²) >= 11 is 0. The van der Waals surface area contributed by atoms with E-state index in [1.165, 1.54) is 22.5 Å².